The van der Waals surface area contributed by atoms with Crippen molar-refractivity contribution < 1.29 is 4.74 Å². The Balaban J connectivity index is 1.53. The molecular formula is C18H27NO. The number of nitrogens with one attached hydrogen (secondary N) is 1. The summed E-state index contributed by atoms with van der Waals surface area (Å²) in [5.41, 5.74) is 2.91. The maximum absolute atomic E-state index is 5.58. The van der Waals surface area contributed by atoms with Gasteiger partial charge in [-0.3, -0.25) is 0 Å². The van der Waals surface area contributed by atoms with Crippen LogP contribution in [0.15, 0.2) is 18.2 Å². The first kappa shape index (κ1) is 13.9. The molecule has 0 aromatic heterocycles. The van der Waals surface area contributed by atoms with Crippen molar-refractivity contribution in [3.63, 3.8) is 0 Å². The second-order valence-corrected chi connectivity index (χ2v) is 6.33. The van der Waals surface area contributed by atoms with Crippen LogP contribution in [0.3, 0.4) is 0 Å². The summed E-state index contributed by atoms with van der Waals surface area (Å²) in [4.78, 5) is 0. The molecule has 1 heterocycles. The molecule has 2 aliphatic rings. The molecule has 3 rings (SSSR count). The molecule has 20 heavy (non-hydrogen) atoms. The second kappa shape index (κ2) is 6.62. The summed E-state index contributed by atoms with van der Waals surface area (Å²) in [5, 5.41) is 3.74. The predicted molar refractivity (Wildman–Crippen MR) is 83.4 cm³/mol. The lowest BCUT2D eigenvalue weighted by molar-refractivity contribution is 0.356. The van der Waals surface area contributed by atoms with Crippen LogP contribution in [-0.4, -0.2) is 19.2 Å². The Morgan fingerprint density at radius 2 is 2.25 bits per heavy atom. The Bertz CT molecular complexity index is 443. The van der Waals surface area contributed by atoms with E-state index in [1.807, 2.05) is 0 Å². The molecule has 2 heteroatoms. The number of fused-ring (bicyclic) bond motifs is 1. The highest BCUT2D eigenvalue weighted by Crippen LogP contribution is 2.31. The minimum absolute atomic E-state index is 0.771. The second-order valence-electron chi connectivity index (χ2n) is 6.33. The molecule has 110 valence electrons. The van der Waals surface area contributed by atoms with Crippen molar-refractivity contribution in [2.24, 2.45) is 5.92 Å². The Hall–Kier alpha value is -1.02. The van der Waals surface area contributed by atoms with Crippen molar-refractivity contribution in [3.8, 4) is 5.75 Å². The lowest BCUT2D eigenvalue weighted by Gasteiger charge is -2.21. The van der Waals surface area contributed by atoms with Gasteiger partial charge in [0.2, 0.25) is 0 Å². The van der Waals surface area contributed by atoms with Crippen LogP contribution in [0.25, 0.3) is 0 Å². The van der Waals surface area contributed by atoms with Crippen molar-refractivity contribution >= 4 is 0 Å². The summed E-state index contributed by atoms with van der Waals surface area (Å²) in [5.74, 6) is 1.99. The highest BCUT2D eigenvalue weighted by molar-refractivity contribution is 5.39. The fourth-order valence-electron chi connectivity index (χ4n) is 3.73. The van der Waals surface area contributed by atoms with Crippen molar-refractivity contribution in [1.82, 2.24) is 5.32 Å². The molecule has 0 amide bonds. The summed E-state index contributed by atoms with van der Waals surface area (Å²) in [6.45, 7) is 4.30. The first-order valence-electron chi connectivity index (χ1n) is 8.35. The quantitative estimate of drug-likeness (QED) is 0.853. The van der Waals surface area contributed by atoms with Crippen LogP contribution in [0.4, 0.5) is 0 Å². The van der Waals surface area contributed by atoms with E-state index in [1.54, 1.807) is 0 Å². The van der Waals surface area contributed by atoms with E-state index in [-0.39, 0.29) is 0 Å². The number of ether oxygens (including phenoxy) is 1. The summed E-state index contributed by atoms with van der Waals surface area (Å²) in [6, 6.07) is 7.56. The Labute approximate surface area is 122 Å². The summed E-state index contributed by atoms with van der Waals surface area (Å²) in [6.07, 6.45) is 9.09. The van der Waals surface area contributed by atoms with Gasteiger partial charge in [0.25, 0.3) is 0 Å². The zero-order valence-corrected chi connectivity index (χ0v) is 12.7. The fraction of sp³-hybridized carbons (Fsp3) is 0.667. The van der Waals surface area contributed by atoms with Crippen molar-refractivity contribution in [3.05, 3.63) is 29.3 Å². The van der Waals surface area contributed by atoms with E-state index in [0.717, 1.165) is 30.7 Å². The average Bonchev–Trinajstić information content (AvgIpc) is 3.11. The third kappa shape index (κ3) is 3.17. The molecule has 1 saturated carbocycles. The van der Waals surface area contributed by atoms with Crippen molar-refractivity contribution in [1.29, 1.82) is 0 Å². The monoisotopic (exact) mass is 273 g/mol. The van der Waals surface area contributed by atoms with Crippen LogP contribution in [-0.2, 0) is 12.8 Å². The van der Waals surface area contributed by atoms with E-state index in [4.69, 9.17) is 4.74 Å². The molecule has 1 aliphatic carbocycles. The van der Waals surface area contributed by atoms with E-state index in [0.29, 0.717) is 0 Å². The molecule has 0 bridgehead atoms. The van der Waals surface area contributed by atoms with E-state index in [1.165, 1.54) is 56.2 Å². The minimum atomic E-state index is 0.771. The van der Waals surface area contributed by atoms with Gasteiger partial charge >= 0.3 is 0 Å². The lowest BCUT2D eigenvalue weighted by Crippen LogP contribution is -2.33. The van der Waals surface area contributed by atoms with Crippen LogP contribution in [0.1, 0.15) is 50.2 Å². The van der Waals surface area contributed by atoms with Gasteiger partial charge in [-0.05, 0) is 61.8 Å². The normalized spacial score (nSPS) is 24.6. The smallest absolute Gasteiger partial charge is 0.122 e. The third-order valence-electron chi connectivity index (χ3n) is 4.87. The Morgan fingerprint density at radius 1 is 1.30 bits per heavy atom. The molecule has 1 fully saturated rings. The van der Waals surface area contributed by atoms with E-state index in [9.17, 15) is 0 Å². The molecule has 2 atom stereocenters. The van der Waals surface area contributed by atoms with Gasteiger partial charge in [-0.25, -0.2) is 0 Å². The maximum atomic E-state index is 5.58. The first-order valence-corrected chi connectivity index (χ1v) is 8.35. The molecular weight excluding hydrogens is 246 g/mol. The zero-order chi connectivity index (χ0) is 13.8. The van der Waals surface area contributed by atoms with Gasteiger partial charge in [0.1, 0.15) is 5.75 Å². The van der Waals surface area contributed by atoms with Gasteiger partial charge < -0.3 is 10.1 Å². The van der Waals surface area contributed by atoms with E-state index in [2.05, 4.69) is 30.4 Å². The Morgan fingerprint density at radius 3 is 3.15 bits per heavy atom. The Kier molecular flexibility index (Phi) is 4.62. The van der Waals surface area contributed by atoms with Crippen LogP contribution < -0.4 is 10.1 Å². The fourth-order valence-corrected chi connectivity index (χ4v) is 3.73. The van der Waals surface area contributed by atoms with E-state index < -0.39 is 0 Å². The number of hydrogen-bond donors (Lipinski definition) is 1. The molecule has 2 nitrogen and oxygen atoms in total. The van der Waals surface area contributed by atoms with Gasteiger partial charge in [-0.15, -0.1) is 0 Å². The van der Waals surface area contributed by atoms with Crippen molar-refractivity contribution in [2.75, 3.05) is 13.2 Å². The summed E-state index contributed by atoms with van der Waals surface area (Å²) >= 11 is 0. The molecule has 1 aromatic carbocycles. The SMILES string of the molecule is CCCNC1CCCC1CCc1ccc2c(c1)CCO2. The molecule has 0 saturated heterocycles. The summed E-state index contributed by atoms with van der Waals surface area (Å²) in [7, 11) is 0. The number of rotatable bonds is 6. The highest BCUT2D eigenvalue weighted by Gasteiger charge is 2.26. The molecule has 1 N–H and O–H groups in total. The van der Waals surface area contributed by atoms with Crippen LogP contribution in [0.5, 0.6) is 5.75 Å². The highest BCUT2D eigenvalue weighted by atomic mass is 16.5. The number of aryl methyl sites for hydroxylation is 1. The number of benzene rings is 1. The third-order valence-corrected chi connectivity index (χ3v) is 4.87. The minimum Gasteiger partial charge on any atom is -0.493 e. The first-order chi connectivity index (χ1) is 9.86. The van der Waals surface area contributed by atoms with Crippen molar-refractivity contribution in [2.45, 2.75) is 57.9 Å². The van der Waals surface area contributed by atoms with Gasteiger partial charge in [-0.2, -0.15) is 0 Å². The molecule has 1 aromatic rings. The molecule has 2 unspecified atom stereocenters. The standard InChI is InChI=1S/C18H27NO/c1-2-11-19-17-5-3-4-15(17)8-6-14-7-9-18-16(13-14)10-12-20-18/h7,9,13,15,17,19H,2-6,8,10-12H2,1H3. The van der Waals surface area contributed by atoms with Gasteiger partial charge in [-0.1, -0.05) is 25.5 Å². The van der Waals surface area contributed by atoms with Gasteiger partial charge in [0.15, 0.2) is 0 Å². The van der Waals surface area contributed by atoms with Crippen LogP contribution in [0, 0.1) is 5.92 Å². The predicted octanol–water partition coefficient (Wildman–Crippen LogP) is 3.72. The van der Waals surface area contributed by atoms with Gasteiger partial charge in [0, 0.05) is 12.5 Å². The molecule has 1 aliphatic heterocycles. The topological polar surface area (TPSA) is 21.3 Å². The molecule has 0 radical (unpaired) electrons. The van der Waals surface area contributed by atoms with E-state index >= 15 is 0 Å². The van der Waals surface area contributed by atoms with Crippen LogP contribution >= 0.6 is 0 Å². The average molecular weight is 273 g/mol. The largest absolute Gasteiger partial charge is 0.493 e. The zero-order valence-electron chi connectivity index (χ0n) is 12.7. The van der Waals surface area contributed by atoms with Gasteiger partial charge in [0.05, 0.1) is 6.61 Å². The lowest BCUT2D eigenvalue weighted by atomic mass is 9.94. The molecule has 0 spiro atoms. The maximum Gasteiger partial charge on any atom is 0.122 e. The summed E-state index contributed by atoms with van der Waals surface area (Å²) < 4.78 is 5.58. The van der Waals surface area contributed by atoms with Crippen LogP contribution in [0.2, 0.25) is 0 Å². The number of hydrogen-bond acceptors (Lipinski definition) is 2.